The van der Waals surface area contributed by atoms with Gasteiger partial charge in [-0.05, 0) is 0 Å². The summed E-state index contributed by atoms with van der Waals surface area (Å²) < 4.78 is 64.2. The smallest absolute Gasteiger partial charge is 0.337 e. The number of nitrogens with zero attached hydrogens (tertiary/aromatic N) is 3. The number of halogens is 8. The zero-order chi connectivity index (χ0) is 16.7. The minimum atomic E-state index is -4.87. The summed E-state index contributed by atoms with van der Waals surface area (Å²) in [5, 5.41) is 0.153. The molecule has 0 spiro atoms. The van der Waals surface area contributed by atoms with Gasteiger partial charge in [0.15, 0.2) is 0 Å². The van der Waals surface area contributed by atoms with Gasteiger partial charge in [-0.1, -0.05) is 34.8 Å². The van der Waals surface area contributed by atoms with Gasteiger partial charge in [0.05, 0.1) is 5.69 Å². The normalized spacial score (nSPS) is 11.6. The first-order valence-corrected chi connectivity index (χ1v) is 6.31. The maximum atomic E-state index is 13.3. The minimum Gasteiger partial charge on any atom is -0.337 e. The Kier molecular flexibility index (Phi) is 4.59. The van der Waals surface area contributed by atoms with Crippen LogP contribution in [0.1, 0.15) is 5.82 Å². The highest BCUT2D eigenvalue weighted by Crippen LogP contribution is 2.36. The molecule has 0 atom stereocenters. The van der Waals surface area contributed by atoms with Crippen molar-refractivity contribution in [3.63, 3.8) is 0 Å². The van der Waals surface area contributed by atoms with E-state index in [2.05, 4.69) is 20.3 Å². The fourth-order valence-electron chi connectivity index (χ4n) is 1.33. The molecule has 0 aliphatic heterocycles. The topological polar surface area (TPSA) is 50.7 Å². The molecule has 0 bridgehead atoms. The van der Waals surface area contributed by atoms with Gasteiger partial charge in [0, 0.05) is 6.07 Å². The lowest BCUT2D eigenvalue weighted by Crippen LogP contribution is -2.12. The Bertz CT molecular complexity index is 711. The van der Waals surface area contributed by atoms with Crippen molar-refractivity contribution in [1.82, 2.24) is 15.0 Å². The molecule has 1 N–H and O–H groups in total. The molecule has 2 heterocycles. The van der Waals surface area contributed by atoms with Crippen LogP contribution < -0.4 is 5.32 Å². The van der Waals surface area contributed by atoms with Crippen LogP contribution in [0.2, 0.25) is 15.2 Å². The third kappa shape index (κ3) is 3.47. The van der Waals surface area contributed by atoms with Crippen molar-refractivity contribution < 1.29 is 22.0 Å². The van der Waals surface area contributed by atoms with Gasteiger partial charge in [0.2, 0.25) is 17.7 Å². The molecule has 2 aromatic rings. The highest BCUT2D eigenvalue weighted by Gasteiger charge is 2.35. The van der Waals surface area contributed by atoms with Crippen molar-refractivity contribution >= 4 is 46.3 Å². The van der Waals surface area contributed by atoms with E-state index < -0.39 is 50.6 Å². The Balaban J connectivity index is 2.51. The van der Waals surface area contributed by atoms with Crippen LogP contribution in [0, 0.1) is 11.9 Å². The monoisotopic (exact) mass is 378 g/mol. The number of hydrogen-bond acceptors (Lipinski definition) is 4. The highest BCUT2D eigenvalue weighted by molar-refractivity contribution is 6.39. The van der Waals surface area contributed by atoms with Gasteiger partial charge < -0.3 is 5.32 Å². The standard InChI is InChI=1S/C10H2Cl3F5N4/c11-2-1-3(21-9(19-2)10(16,17)18)20-6-4(12)7(14)22-8(15)5(6)13/h1H,(H,19,20,21,22). The predicted molar refractivity (Wildman–Crippen MR) is 69.5 cm³/mol. The number of alkyl halides is 3. The van der Waals surface area contributed by atoms with Crippen molar-refractivity contribution in [1.29, 1.82) is 0 Å². The van der Waals surface area contributed by atoms with Crippen LogP contribution in [0.15, 0.2) is 6.07 Å². The first kappa shape index (κ1) is 16.9. The number of aromatic nitrogens is 3. The van der Waals surface area contributed by atoms with Crippen LogP contribution in [-0.4, -0.2) is 15.0 Å². The van der Waals surface area contributed by atoms with Crippen LogP contribution >= 0.6 is 34.8 Å². The lowest BCUT2D eigenvalue weighted by Gasteiger charge is -2.12. The summed E-state index contributed by atoms with van der Waals surface area (Å²) in [7, 11) is 0. The van der Waals surface area contributed by atoms with Crippen molar-refractivity contribution in [2.45, 2.75) is 6.18 Å². The van der Waals surface area contributed by atoms with Crippen LogP contribution in [0.4, 0.5) is 33.5 Å². The number of nitrogens with one attached hydrogen (secondary N) is 1. The summed E-state index contributed by atoms with van der Waals surface area (Å²) in [4.78, 5) is 8.89. The molecule has 0 saturated carbocycles. The average molecular weight is 380 g/mol. The molecular weight excluding hydrogens is 377 g/mol. The Morgan fingerprint density at radius 3 is 1.95 bits per heavy atom. The molecule has 12 heteroatoms. The van der Waals surface area contributed by atoms with E-state index in [-0.39, 0.29) is 0 Å². The highest BCUT2D eigenvalue weighted by atomic mass is 35.5. The fraction of sp³-hybridized carbons (Fsp3) is 0.100. The molecule has 22 heavy (non-hydrogen) atoms. The van der Waals surface area contributed by atoms with Crippen molar-refractivity contribution in [2.24, 2.45) is 0 Å². The SMILES string of the molecule is Fc1nc(F)c(Cl)c(Nc2cc(Cl)nc(C(F)(F)F)n2)c1Cl. The van der Waals surface area contributed by atoms with E-state index in [1.165, 1.54) is 0 Å². The molecule has 0 aliphatic carbocycles. The Morgan fingerprint density at radius 1 is 0.909 bits per heavy atom. The maximum Gasteiger partial charge on any atom is 0.451 e. The first-order chi connectivity index (χ1) is 10.1. The van der Waals surface area contributed by atoms with Gasteiger partial charge in [-0.3, -0.25) is 0 Å². The largest absolute Gasteiger partial charge is 0.451 e. The van der Waals surface area contributed by atoms with Gasteiger partial charge >= 0.3 is 6.18 Å². The number of pyridine rings is 1. The molecular formula is C10H2Cl3F5N4. The number of rotatable bonds is 2. The summed E-state index contributed by atoms with van der Waals surface area (Å²) in [5.41, 5.74) is -0.545. The molecule has 2 rings (SSSR count). The molecule has 0 saturated heterocycles. The van der Waals surface area contributed by atoms with E-state index in [4.69, 9.17) is 34.8 Å². The van der Waals surface area contributed by atoms with Gasteiger partial charge in [0.25, 0.3) is 0 Å². The Hall–Kier alpha value is -1.45. The molecule has 4 nitrogen and oxygen atoms in total. The van der Waals surface area contributed by atoms with Gasteiger partial charge in [0.1, 0.15) is 21.0 Å². The quantitative estimate of drug-likeness (QED) is 0.459. The van der Waals surface area contributed by atoms with Gasteiger partial charge in [-0.15, -0.1) is 0 Å². The molecule has 118 valence electrons. The van der Waals surface area contributed by atoms with E-state index in [1.54, 1.807) is 0 Å². The summed E-state index contributed by atoms with van der Waals surface area (Å²) >= 11 is 16.5. The second-order valence-electron chi connectivity index (χ2n) is 3.72. The second kappa shape index (κ2) is 5.98. The summed E-state index contributed by atoms with van der Waals surface area (Å²) in [6.07, 6.45) is -4.87. The number of anilines is 2. The average Bonchev–Trinajstić information content (AvgIpc) is 2.40. The van der Waals surface area contributed by atoms with E-state index in [0.29, 0.717) is 0 Å². The molecule has 0 radical (unpaired) electrons. The Labute approximate surface area is 134 Å². The van der Waals surface area contributed by atoms with Crippen LogP contribution in [0.5, 0.6) is 0 Å². The van der Waals surface area contributed by atoms with E-state index >= 15 is 0 Å². The van der Waals surface area contributed by atoms with Crippen molar-refractivity contribution in [3.05, 3.63) is 39.0 Å². The summed E-state index contributed by atoms with van der Waals surface area (Å²) in [5.74, 6) is -4.87. The number of hydrogen-bond donors (Lipinski definition) is 1. The fourth-order valence-corrected chi connectivity index (χ4v) is 1.93. The lowest BCUT2D eigenvalue weighted by molar-refractivity contribution is -0.144. The van der Waals surface area contributed by atoms with Crippen LogP contribution in [0.25, 0.3) is 0 Å². The van der Waals surface area contributed by atoms with Crippen LogP contribution in [-0.2, 0) is 6.18 Å². The predicted octanol–water partition coefficient (Wildman–Crippen LogP) is 4.87. The van der Waals surface area contributed by atoms with E-state index in [9.17, 15) is 22.0 Å². The Morgan fingerprint density at radius 2 is 1.45 bits per heavy atom. The summed E-state index contributed by atoms with van der Waals surface area (Å²) in [6, 6.07) is 0.889. The third-order valence-electron chi connectivity index (χ3n) is 2.20. The molecule has 0 fully saturated rings. The molecule has 0 amide bonds. The zero-order valence-electron chi connectivity index (χ0n) is 9.94. The minimum absolute atomic E-state index is 0.513. The zero-order valence-corrected chi connectivity index (χ0v) is 12.2. The molecule has 2 aromatic heterocycles. The first-order valence-electron chi connectivity index (χ1n) is 5.18. The lowest BCUT2D eigenvalue weighted by atomic mass is 10.3. The molecule has 0 unspecified atom stereocenters. The molecule has 0 aliphatic rings. The van der Waals surface area contributed by atoms with E-state index in [0.717, 1.165) is 6.07 Å². The summed E-state index contributed by atoms with van der Waals surface area (Å²) in [6.45, 7) is 0. The second-order valence-corrected chi connectivity index (χ2v) is 4.86. The van der Waals surface area contributed by atoms with Gasteiger partial charge in [-0.25, -0.2) is 9.97 Å². The maximum absolute atomic E-state index is 13.3. The van der Waals surface area contributed by atoms with Crippen molar-refractivity contribution in [2.75, 3.05) is 5.32 Å². The van der Waals surface area contributed by atoms with E-state index in [1.807, 2.05) is 0 Å². The van der Waals surface area contributed by atoms with Gasteiger partial charge in [-0.2, -0.15) is 26.9 Å². The van der Waals surface area contributed by atoms with Crippen LogP contribution in [0.3, 0.4) is 0 Å². The molecule has 0 aromatic carbocycles. The van der Waals surface area contributed by atoms with Crippen molar-refractivity contribution in [3.8, 4) is 0 Å². The third-order valence-corrected chi connectivity index (χ3v) is 3.08.